The number of carbonyl (C=O) groups excluding carboxylic acids is 1. The zero-order chi connectivity index (χ0) is 24.8. The number of ether oxygens (including phenoxy) is 1. The van der Waals surface area contributed by atoms with Crippen molar-refractivity contribution >= 4 is 45.6 Å². The number of rotatable bonds is 9. The Balaban J connectivity index is 1.17. The van der Waals surface area contributed by atoms with E-state index in [2.05, 4.69) is 69.3 Å². The van der Waals surface area contributed by atoms with Gasteiger partial charge < -0.3 is 24.8 Å². The number of thiophene rings is 1. The van der Waals surface area contributed by atoms with Gasteiger partial charge in [-0.1, -0.05) is 12.1 Å². The van der Waals surface area contributed by atoms with Gasteiger partial charge in [0.15, 0.2) is 0 Å². The second-order valence-electron chi connectivity index (χ2n) is 9.77. The third-order valence-corrected chi connectivity index (χ3v) is 7.80. The summed E-state index contributed by atoms with van der Waals surface area (Å²) in [6.07, 6.45) is 0.945. The summed E-state index contributed by atoms with van der Waals surface area (Å²) in [6, 6.07) is 10.6. The van der Waals surface area contributed by atoms with Gasteiger partial charge in [-0.2, -0.15) is 0 Å². The first-order valence-corrected chi connectivity index (χ1v) is 13.8. The Morgan fingerprint density at radius 2 is 1.94 bits per heavy atom. The molecule has 2 saturated heterocycles. The van der Waals surface area contributed by atoms with Crippen molar-refractivity contribution in [1.82, 2.24) is 20.0 Å². The number of nitrogens with one attached hydrogen (secondary N) is 1. The maximum absolute atomic E-state index is 12.9. The van der Waals surface area contributed by atoms with Crippen molar-refractivity contribution < 1.29 is 9.53 Å². The molecule has 7 nitrogen and oxygen atoms in total. The smallest absolute Gasteiger partial charge is 0.270 e. The summed E-state index contributed by atoms with van der Waals surface area (Å²) in [5, 5.41) is 8.22. The summed E-state index contributed by atoms with van der Waals surface area (Å²) >= 11 is 6.00. The number of amides is 1. The minimum Gasteiger partial charge on any atom is -0.368 e. The summed E-state index contributed by atoms with van der Waals surface area (Å²) in [4.78, 5) is 22.0. The fourth-order valence-electron chi connectivity index (χ4n) is 4.63. The Kier molecular flexibility index (Phi) is 8.84. The molecule has 4 rings (SSSR count). The normalized spacial score (nSPS) is 18.7. The Labute approximate surface area is 219 Å². The van der Waals surface area contributed by atoms with E-state index < -0.39 is 5.72 Å². The van der Waals surface area contributed by atoms with E-state index in [0.717, 1.165) is 65.3 Å². The molecule has 0 saturated carbocycles. The summed E-state index contributed by atoms with van der Waals surface area (Å²) in [6.45, 7) is 12.9. The number of hydrogen-bond donors (Lipinski definition) is 2. The van der Waals surface area contributed by atoms with Crippen molar-refractivity contribution in [3.63, 3.8) is 0 Å². The van der Waals surface area contributed by atoms with Crippen LogP contribution in [0.5, 0.6) is 0 Å². The molecule has 0 unspecified atom stereocenters. The molecule has 2 fully saturated rings. The predicted molar refractivity (Wildman–Crippen MR) is 147 cm³/mol. The molecule has 1 aromatic carbocycles. The lowest BCUT2D eigenvalue weighted by Gasteiger charge is -2.36. The van der Waals surface area contributed by atoms with Crippen LogP contribution in [0.2, 0.25) is 0 Å². The minimum absolute atomic E-state index is 0.0173. The Morgan fingerprint density at radius 1 is 1.20 bits per heavy atom. The van der Waals surface area contributed by atoms with Crippen molar-refractivity contribution in [2.45, 2.75) is 26.0 Å². The van der Waals surface area contributed by atoms with Crippen molar-refractivity contribution in [2.75, 3.05) is 77.5 Å². The minimum atomic E-state index is -0.651. The highest BCUT2D eigenvalue weighted by Gasteiger charge is 2.27. The topological polar surface area (TPSA) is 51.3 Å². The zero-order valence-electron chi connectivity index (χ0n) is 21.0. The van der Waals surface area contributed by atoms with Gasteiger partial charge in [0, 0.05) is 70.4 Å². The Bertz CT molecular complexity index is 1010. The average Bonchev–Trinajstić information content (AvgIpc) is 3.35. The number of piperazine rings is 2. The fourth-order valence-corrected chi connectivity index (χ4v) is 5.56. The first kappa shape index (κ1) is 26.1. The van der Waals surface area contributed by atoms with E-state index in [0.29, 0.717) is 12.3 Å². The lowest BCUT2D eigenvalue weighted by molar-refractivity contribution is -0.130. The average molecular weight is 516 g/mol. The van der Waals surface area contributed by atoms with Crippen LogP contribution in [-0.4, -0.2) is 98.9 Å². The number of nitrogens with zero attached hydrogens (tertiary/aromatic N) is 4. The Hall–Kier alpha value is -1.96. The van der Waals surface area contributed by atoms with Crippen molar-refractivity contribution in [1.29, 1.82) is 0 Å². The van der Waals surface area contributed by atoms with E-state index in [1.807, 2.05) is 18.7 Å². The summed E-state index contributed by atoms with van der Waals surface area (Å²) < 4.78 is 7.31. The molecule has 35 heavy (non-hydrogen) atoms. The molecule has 9 heteroatoms. The lowest BCUT2D eigenvalue weighted by Crippen LogP contribution is -2.51. The number of carbonyl (C=O) groups is 1. The van der Waals surface area contributed by atoms with Gasteiger partial charge in [-0.05, 0) is 44.2 Å². The molecule has 2 aromatic rings. The molecule has 2 aliphatic rings. The second kappa shape index (κ2) is 11.8. The quantitative estimate of drug-likeness (QED) is 0.232. The molecule has 0 bridgehead atoms. The molecule has 0 radical (unpaired) electrons. The first-order chi connectivity index (χ1) is 16.9. The van der Waals surface area contributed by atoms with Gasteiger partial charge >= 0.3 is 0 Å². The molecular formula is C26H37N5O2S2. The largest absolute Gasteiger partial charge is 0.368 e. The number of thiol groups is 1. The SMILES string of the molecule is CN1CCN(C(=O)/C(=C/S)NC(C)(C)OCCCN2CCN(c3cc#cc4sccc34)CC2)CC1. The highest BCUT2D eigenvalue weighted by Crippen LogP contribution is 2.29. The van der Waals surface area contributed by atoms with Gasteiger partial charge in [-0.15, -0.1) is 24.0 Å². The zero-order valence-corrected chi connectivity index (χ0v) is 22.8. The molecule has 1 N–H and O–H groups in total. The van der Waals surface area contributed by atoms with E-state index in [1.54, 1.807) is 16.7 Å². The lowest BCUT2D eigenvalue weighted by atomic mass is 10.2. The van der Waals surface area contributed by atoms with E-state index >= 15 is 0 Å². The molecule has 190 valence electrons. The van der Waals surface area contributed by atoms with Crippen LogP contribution in [0.1, 0.15) is 20.3 Å². The number of fused-ring (bicyclic) bond motifs is 1. The maximum Gasteiger partial charge on any atom is 0.270 e. The van der Waals surface area contributed by atoms with Crippen LogP contribution in [0.4, 0.5) is 5.69 Å². The highest BCUT2D eigenvalue weighted by atomic mass is 32.1. The first-order valence-electron chi connectivity index (χ1n) is 12.4. The fraction of sp³-hybridized carbons (Fsp3) is 0.577. The molecule has 3 heterocycles. The van der Waals surface area contributed by atoms with Gasteiger partial charge in [0.25, 0.3) is 5.91 Å². The number of hydrogen-bond acceptors (Lipinski definition) is 8. The maximum atomic E-state index is 12.9. The monoisotopic (exact) mass is 515 g/mol. The van der Waals surface area contributed by atoms with Crippen molar-refractivity contribution in [3.8, 4) is 0 Å². The van der Waals surface area contributed by atoms with Crippen LogP contribution in [0.3, 0.4) is 0 Å². The summed E-state index contributed by atoms with van der Waals surface area (Å²) in [5.41, 5.74) is 1.10. The molecule has 0 atom stereocenters. The van der Waals surface area contributed by atoms with E-state index in [1.165, 1.54) is 15.8 Å². The van der Waals surface area contributed by atoms with E-state index in [4.69, 9.17) is 4.74 Å². The molecule has 1 amide bonds. The molecular weight excluding hydrogens is 478 g/mol. The van der Waals surface area contributed by atoms with Crippen molar-refractivity contribution in [3.05, 3.63) is 40.8 Å². The standard InChI is InChI=1S/C26H37N5O2S2/c1-26(2,27-22(20-34)25(32)31-14-10-28(3)11-15-31)33-18-5-9-29-12-16-30(17-13-29)23-6-4-7-24-21(23)8-19-35-24/h6,8,19-20,27,34H,5,9-18H2,1-3H3/b22-20-. The number of anilines is 1. The second-order valence-corrected chi connectivity index (χ2v) is 10.9. The van der Waals surface area contributed by atoms with Gasteiger partial charge in [0.1, 0.15) is 11.4 Å². The molecule has 1 aromatic heterocycles. The predicted octanol–water partition coefficient (Wildman–Crippen LogP) is 2.90. The van der Waals surface area contributed by atoms with Crippen LogP contribution in [0, 0.1) is 12.1 Å². The third-order valence-electron chi connectivity index (χ3n) is 6.72. The van der Waals surface area contributed by atoms with Crippen LogP contribution >= 0.6 is 24.0 Å². The molecule has 0 spiro atoms. The van der Waals surface area contributed by atoms with Crippen LogP contribution < -0.4 is 10.2 Å². The molecule has 2 aliphatic heterocycles. The van der Waals surface area contributed by atoms with Gasteiger partial charge in [0.05, 0.1) is 17.0 Å². The van der Waals surface area contributed by atoms with E-state index in [9.17, 15) is 4.79 Å². The summed E-state index contributed by atoms with van der Waals surface area (Å²) in [7, 11) is 2.08. The number of likely N-dealkylation sites (N-methyl/N-ethyl adjacent to an activating group) is 1. The Morgan fingerprint density at radius 3 is 2.66 bits per heavy atom. The molecule has 0 aliphatic carbocycles. The van der Waals surface area contributed by atoms with Crippen LogP contribution in [0.15, 0.2) is 28.6 Å². The van der Waals surface area contributed by atoms with Crippen molar-refractivity contribution in [2.24, 2.45) is 0 Å². The highest BCUT2D eigenvalue weighted by molar-refractivity contribution is 7.83. The van der Waals surface area contributed by atoms with Gasteiger partial charge in [0.2, 0.25) is 0 Å². The van der Waals surface area contributed by atoms with Crippen LogP contribution in [-0.2, 0) is 9.53 Å². The van der Waals surface area contributed by atoms with Crippen LogP contribution in [0.25, 0.3) is 10.1 Å². The van der Waals surface area contributed by atoms with Gasteiger partial charge in [-0.25, -0.2) is 0 Å². The summed E-state index contributed by atoms with van der Waals surface area (Å²) in [5.74, 6) is -0.0173. The van der Waals surface area contributed by atoms with E-state index in [-0.39, 0.29) is 5.91 Å². The van der Waals surface area contributed by atoms with Gasteiger partial charge in [-0.3, -0.25) is 9.69 Å². The third kappa shape index (κ3) is 6.83.